The fourth-order valence-corrected chi connectivity index (χ4v) is 1.48. The van der Waals surface area contributed by atoms with Gasteiger partial charge in [0.1, 0.15) is 0 Å². The summed E-state index contributed by atoms with van der Waals surface area (Å²) in [6.45, 7) is 0.391. The molecule has 92 valence electrons. The molecule has 0 aliphatic carbocycles. The van der Waals surface area contributed by atoms with Crippen molar-refractivity contribution in [2.75, 3.05) is 0 Å². The Morgan fingerprint density at radius 3 is 2.94 bits per heavy atom. The summed E-state index contributed by atoms with van der Waals surface area (Å²) in [6.07, 6.45) is 4.93. The smallest absolute Gasteiger partial charge is 0.251 e. The van der Waals surface area contributed by atoms with Crippen LogP contribution in [0.15, 0.2) is 47.7 Å². The van der Waals surface area contributed by atoms with Crippen LogP contribution in [-0.2, 0) is 13.6 Å². The summed E-state index contributed by atoms with van der Waals surface area (Å²) in [5.41, 5.74) is 1.07. The highest BCUT2D eigenvalue weighted by Gasteiger charge is 2.06. The average molecular weight is 243 g/mol. The SMILES string of the molecule is Cn1ccc(C(=O)NCc2cccnc2)cc1=O. The molecule has 5 heteroatoms. The molecular weight excluding hydrogens is 230 g/mol. The second-order valence-electron chi connectivity index (χ2n) is 3.91. The van der Waals surface area contributed by atoms with Crippen molar-refractivity contribution in [1.29, 1.82) is 0 Å². The van der Waals surface area contributed by atoms with E-state index < -0.39 is 0 Å². The third-order valence-corrected chi connectivity index (χ3v) is 2.54. The number of aromatic nitrogens is 2. The van der Waals surface area contributed by atoms with Crippen LogP contribution in [0.2, 0.25) is 0 Å². The highest BCUT2D eigenvalue weighted by molar-refractivity contribution is 5.93. The van der Waals surface area contributed by atoms with E-state index in [0.717, 1.165) is 5.56 Å². The lowest BCUT2D eigenvalue weighted by Gasteiger charge is -2.05. The molecule has 0 saturated carbocycles. The third-order valence-electron chi connectivity index (χ3n) is 2.54. The average Bonchev–Trinajstić information content (AvgIpc) is 2.40. The summed E-state index contributed by atoms with van der Waals surface area (Å²) >= 11 is 0. The molecule has 0 aliphatic rings. The van der Waals surface area contributed by atoms with E-state index in [4.69, 9.17) is 0 Å². The standard InChI is InChI=1S/C13H13N3O2/c1-16-6-4-11(7-12(16)17)13(18)15-9-10-3-2-5-14-8-10/h2-8H,9H2,1H3,(H,15,18). The van der Waals surface area contributed by atoms with Crippen molar-refractivity contribution in [3.05, 3.63) is 64.3 Å². The molecule has 0 bridgehead atoms. The zero-order valence-corrected chi connectivity index (χ0v) is 9.96. The molecule has 0 saturated heterocycles. The molecule has 2 heterocycles. The Kier molecular flexibility index (Phi) is 3.52. The highest BCUT2D eigenvalue weighted by Crippen LogP contribution is 1.98. The van der Waals surface area contributed by atoms with E-state index in [1.165, 1.54) is 10.6 Å². The molecule has 0 fully saturated rings. The Morgan fingerprint density at radius 1 is 1.44 bits per heavy atom. The molecule has 1 amide bonds. The van der Waals surface area contributed by atoms with E-state index in [1.54, 1.807) is 37.8 Å². The van der Waals surface area contributed by atoms with Crippen molar-refractivity contribution in [3.8, 4) is 0 Å². The highest BCUT2D eigenvalue weighted by atomic mass is 16.2. The number of nitrogens with one attached hydrogen (secondary N) is 1. The van der Waals surface area contributed by atoms with Crippen molar-refractivity contribution >= 4 is 5.91 Å². The molecule has 0 spiro atoms. The van der Waals surface area contributed by atoms with E-state index >= 15 is 0 Å². The second-order valence-corrected chi connectivity index (χ2v) is 3.91. The van der Waals surface area contributed by atoms with Crippen molar-refractivity contribution in [3.63, 3.8) is 0 Å². The van der Waals surface area contributed by atoms with Crippen LogP contribution < -0.4 is 10.9 Å². The Balaban J connectivity index is 2.04. The van der Waals surface area contributed by atoms with Gasteiger partial charge in [0, 0.05) is 43.8 Å². The molecule has 5 nitrogen and oxygen atoms in total. The third kappa shape index (κ3) is 2.82. The molecule has 0 atom stereocenters. The van der Waals surface area contributed by atoms with E-state index in [2.05, 4.69) is 10.3 Å². The van der Waals surface area contributed by atoms with E-state index in [-0.39, 0.29) is 11.5 Å². The van der Waals surface area contributed by atoms with Gasteiger partial charge in [-0.05, 0) is 17.7 Å². The van der Waals surface area contributed by atoms with Crippen LogP contribution in [0.25, 0.3) is 0 Å². The van der Waals surface area contributed by atoms with Crippen LogP contribution in [0.5, 0.6) is 0 Å². The lowest BCUT2D eigenvalue weighted by atomic mass is 10.2. The van der Waals surface area contributed by atoms with Gasteiger partial charge in [0.25, 0.3) is 11.5 Å². The van der Waals surface area contributed by atoms with E-state index in [0.29, 0.717) is 12.1 Å². The lowest BCUT2D eigenvalue weighted by Crippen LogP contribution is -2.25. The van der Waals surface area contributed by atoms with Crippen LogP contribution in [0, 0.1) is 0 Å². The number of hydrogen-bond donors (Lipinski definition) is 1. The second kappa shape index (κ2) is 5.27. The van der Waals surface area contributed by atoms with Crippen molar-refractivity contribution in [1.82, 2.24) is 14.9 Å². The van der Waals surface area contributed by atoms with Crippen molar-refractivity contribution in [2.24, 2.45) is 7.05 Å². The molecular formula is C13H13N3O2. The number of pyridine rings is 2. The van der Waals surface area contributed by atoms with Gasteiger partial charge in [-0.3, -0.25) is 14.6 Å². The fraction of sp³-hybridized carbons (Fsp3) is 0.154. The number of hydrogen-bond acceptors (Lipinski definition) is 3. The number of aryl methyl sites for hydroxylation is 1. The van der Waals surface area contributed by atoms with Crippen LogP contribution in [0.1, 0.15) is 15.9 Å². The monoisotopic (exact) mass is 243 g/mol. The molecule has 18 heavy (non-hydrogen) atoms. The predicted molar refractivity (Wildman–Crippen MR) is 67.1 cm³/mol. The zero-order valence-electron chi connectivity index (χ0n) is 9.96. The largest absolute Gasteiger partial charge is 0.348 e. The summed E-state index contributed by atoms with van der Waals surface area (Å²) < 4.78 is 1.41. The Hall–Kier alpha value is -2.43. The van der Waals surface area contributed by atoms with Gasteiger partial charge in [0.15, 0.2) is 0 Å². The van der Waals surface area contributed by atoms with Crippen LogP contribution in [-0.4, -0.2) is 15.5 Å². The summed E-state index contributed by atoms with van der Waals surface area (Å²) in [5.74, 6) is -0.267. The van der Waals surface area contributed by atoms with Gasteiger partial charge in [-0.1, -0.05) is 6.07 Å². The van der Waals surface area contributed by atoms with E-state index in [1.807, 2.05) is 6.07 Å². The van der Waals surface area contributed by atoms with Crippen LogP contribution in [0.3, 0.4) is 0 Å². The van der Waals surface area contributed by atoms with Gasteiger partial charge in [-0.25, -0.2) is 0 Å². The maximum atomic E-state index is 11.8. The Labute approximate surface area is 104 Å². The summed E-state index contributed by atoms with van der Waals surface area (Å²) in [4.78, 5) is 27.1. The summed E-state index contributed by atoms with van der Waals surface area (Å²) in [6, 6.07) is 6.61. The van der Waals surface area contributed by atoms with Crippen LogP contribution in [0.4, 0.5) is 0 Å². The molecule has 0 aliphatic heterocycles. The van der Waals surface area contributed by atoms with Crippen molar-refractivity contribution in [2.45, 2.75) is 6.54 Å². The first-order chi connectivity index (χ1) is 8.66. The molecule has 1 N–H and O–H groups in total. The first-order valence-electron chi connectivity index (χ1n) is 5.50. The number of carbonyl (C=O) groups is 1. The fourth-order valence-electron chi connectivity index (χ4n) is 1.48. The molecule has 2 aromatic heterocycles. The van der Waals surface area contributed by atoms with Gasteiger partial charge in [0.05, 0.1) is 0 Å². The van der Waals surface area contributed by atoms with Gasteiger partial charge < -0.3 is 9.88 Å². The minimum absolute atomic E-state index is 0.205. The molecule has 2 aromatic rings. The Bertz CT molecular complexity index is 605. The number of carbonyl (C=O) groups excluding carboxylic acids is 1. The minimum atomic E-state index is -0.267. The first-order valence-corrected chi connectivity index (χ1v) is 5.50. The summed E-state index contributed by atoms with van der Waals surface area (Å²) in [7, 11) is 1.64. The normalized spacial score (nSPS) is 10.1. The van der Waals surface area contributed by atoms with Crippen molar-refractivity contribution < 1.29 is 4.79 Å². The topological polar surface area (TPSA) is 64.0 Å². The molecule has 2 rings (SSSR count). The van der Waals surface area contributed by atoms with Gasteiger partial charge in [0.2, 0.25) is 0 Å². The Morgan fingerprint density at radius 2 is 2.28 bits per heavy atom. The maximum absolute atomic E-state index is 11.8. The zero-order chi connectivity index (χ0) is 13.0. The lowest BCUT2D eigenvalue weighted by molar-refractivity contribution is 0.0950. The predicted octanol–water partition coefficient (Wildman–Crippen LogP) is 0.710. The molecule has 0 radical (unpaired) electrons. The molecule has 0 unspecified atom stereocenters. The van der Waals surface area contributed by atoms with Crippen LogP contribution >= 0.6 is 0 Å². The van der Waals surface area contributed by atoms with Gasteiger partial charge in [-0.15, -0.1) is 0 Å². The number of amides is 1. The van der Waals surface area contributed by atoms with E-state index in [9.17, 15) is 9.59 Å². The summed E-state index contributed by atoms with van der Waals surface area (Å²) in [5, 5.41) is 2.73. The minimum Gasteiger partial charge on any atom is -0.348 e. The molecule has 0 aromatic carbocycles. The first kappa shape index (κ1) is 12.0. The van der Waals surface area contributed by atoms with Gasteiger partial charge >= 0.3 is 0 Å². The van der Waals surface area contributed by atoms with Gasteiger partial charge in [-0.2, -0.15) is 0 Å². The maximum Gasteiger partial charge on any atom is 0.251 e. The number of nitrogens with zero attached hydrogens (tertiary/aromatic N) is 2. The number of rotatable bonds is 3. The quantitative estimate of drug-likeness (QED) is 0.863.